The Morgan fingerprint density at radius 1 is 1.18 bits per heavy atom. The molecule has 17 heavy (non-hydrogen) atoms. The van der Waals surface area contributed by atoms with Crippen LogP contribution >= 0.6 is 0 Å². The molecule has 1 aromatic carbocycles. The third-order valence-corrected chi connectivity index (χ3v) is 2.68. The molecule has 3 rings (SSSR count). The molecule has 2 aromatic rings. The van der Waals surface area contributed by atoms with Crippen molar-refractivity contribution in [3.05, 3.63) is 36.2 Å². The van der Waals surface area contributed by atoms with Crippen molar-refractivity contribution < 1.29 is 9.15 Å². The Kier molecular flexibility index (Phi) is 2.85. The normalized spacial score (nSPS) is 20.4. The molecule has 1 aliphatic heterocycles. The van der Waals surface area contributed by atoms with E-state index in [0.29, 0.717) is 18.4 Å². The number of hydrogen-bond acceptors (Lipinski definition) is 5. The van der Waals surface area contributed by atoms with Gasteiger partial charge in [0.05, 0.1) is 13.2 Å². The zero-order valence-electron chi connectivity index (χ0n) is 9.30. The first-order valence-corrected chi connectivity index (χ1v) is 5.63. The Morgan fingerprint density at radius 3 is 2.82 bits per heavy atom. The maximum atomic E-state index is 5.64. The van der Waals surface area contributed by atoms with Gasteiger partial charge in [-0.3, -0.25) is 0 Å². The van der Waals surface area contributed by atoms with E-state index in [1.165, 1.54) is 0 Å². The van der Waals surface area contributed by atoms with Crippen molar-refractivity contribution in [2.45, 2.75) is 6.04 Å². The minimum Gasteiger partial charge on any atom is -0.419 e. The Morgan fingerprint density at radius 2 is 2.06 bits per heavy atom. The molecule has 0 unspecified atom stereocenters. The van der Waals surface area contributed by atoms with Crippen LogP contribution in [0.1, 0.15) is 11.9 Å². The summed E-state index contributed by atoms with van der Waals surface area (Å²) >= 11 is 0. The number of nitrogens with one attached hydrogen (secondary N) is 1. The third-order valence-electron chi connectivity index (χ3n) is 2.68. The van der Waals surface area contributed by atoms with E-state index in [1.807, 2.05) is 30.3 Å². The second kappa shape index (κ2) is 4.65. The molecule has 1 atom stereocenters. The number of aromatic nitrogens is 2. The average molecular weight is 231 g/mol. The van der Waals surface area contributed by atoms with Crippen LogP contribution in [0.4, 0.5) is 0 Å². The van der Waals surface area contributed by atoms with E-state index in [1.54, 1.807) is 0 Å². The second-order valence-corrected chi connectivity index (χ2v) is 3.89. The van der Waals surface area contributed by atoms with Crippen LogP contribution in [0.2, 0.25) is 0 Å². The summed E-state index contributed by atoms with van der Waals surface area (Å²) in [5, 5.41) is 11.4. The first-order chi connectivity index (χ1) is 8.43. The van der Waals surface area contributed by atoms with Gasteiger partial charge >= 0.3 is 0 Å². The molecule has 1 N–H and O–H groups in total. The molecule has 1 saturated heterocycles. The minimum atomic E-state index is 0.00807. The summed E-state index contributed by atoms with van der Waals surface area (Å²) in [6.07, 6.45) is 0. The lowest BCUT2D eigenvalue weighted by Crippen LogP contribution is -2.34. The van der Waals surface area contributed by atoms with Gasteiger partial charge in [-0.25, -0.2) is 0 Å². The third kappa shape index (κ3) is 2.20. The average Bonchev–Trinajstić information content (AvgIpc) is 2.90. The molecule has 0 spiro atoms. The van der Waals surface area contributed by atoms with Crippen molar-refractivity contribution in [3.63, 3.8) is 0 Å². The molecule has 0 saturated carbocycles. The molecule has 5 heteroatoms. The molecule has 0 aliphatic carbocycles. The number of rotatable bonds is 2. The standard InChI is InChI=1S/C12H13N3O2/c1-2-4-9(5-3-1)11-14-15-12(17-11)10-8-16-7-6-13-10/h1-5,10,13H,6-8H2/t10-/m1/s1. The predicted octanol–water partition coefficient (Wildman–Crippen LogP) is 1.40. The topological polar surface area (TPSA) is 60.2 Å². The van der Waals surface area contributed by atoms with Crippen LogP contribution < -0.4 is 5.32 Å². The Labute approximate surface area is 98.8 Å². The maximum Gasteiger partial charge on any atom is 0.247 e. The molecule has 5 nitrogen and oxygen atoms in total. The number of nitrogens with zero attached hydrogens (tertiary/aromatic N) is 2. The highest BCUT2D eigenvalue weighted by Gasteiger charge is 2.21. The van der Waals surface area contributed by atoms with E-state index < -0.39 is 0 Å². The lowest BCUT2D eigenvalue weighted by atomic mass is 10.2. The summed E-state index contributed by atoms with van der Waals surface area (Å²) in [6, 6.07) is 9.75. The fourth-order valence-electron chi connectivity index (χ4n) is 1.80. The van der Waals surface area contributed by atoms with Crippen molar-refractivity contribution >= 4 is 0 Å². The number of ether oxygens (including phenoxy) is 1. The largest absolute Gasteiger partial charge is 0.419 e. The lowest BCUT2D eigenvalue weighted by molar-refractivity contribution is 0.0683. The smallest absolute Gasteiger partial charge is 0.247 e. The number of benzene rings is 1. The van der Waals surface area contributed by atoms with Gasteiger partial charge in [-0.2, -0.15) is 0 Å². The van der Waals surface area contributed by atoms with Gasteiger partial charge in [0, 0.05) is 12.1 Å². The fourth-order valence-corrected chi connectivity index (χ4v) is 1.80. The van der Waals surface area contributed by atoms with Crippen molar-refractivity contribution in [1.29, 1.82) is 0 Å². The molecule has 0 amide bonds. The maximum absolute atomic E-state index is 5.64. The summed E-state index contributed by atoms with van der Waals surface area (Å²) in [5.41, 5.74) is 0.933. The van der Waals surface area contributed by atoms with E-state index in [2.05, 4.69) is 15.5 Å². The fraction of sp³-hybridized carbons (Fsp3) is 0.333. The van der Waals surface area contributed by atoms with Gasteiger partial charge in [0.25, 0.3) is 0 Å². The number of hydrogen-bond donors (Lipinski definition) is 1. The van der Waals surface area contributed by atoms with Crippen LogP contribution in [0.25, 0.3) is 11.5 Å². The Balaban J connectivity index is 1.83. The zero-order valence-corrected chi connectivity index (χ0v) is 9.30. The van der Waals surface area contributed by atoms with Crippen LogP contribution in [0.5, 0.6) is 0 Å². The molecular weight excluding hydrogens is 218 g/mol. The summed E-state index contributed by atoms with van der Waals surface area (Å²) < 4.78 is 11.0. The summed E-state index contributed by atoms with van der Waals surface area (Å²) in [7, 11) is 0. The van der Waals surface area contributed by atoms with Crippen LogP contribution in [0.3, 0.4) is 0 Å². The van der Waals surface area contributed by atoms with E-state index in [9.17, 15) is 0 Å². The first-order valence-electron chi connectivity index (χ1n) is 5.63. The summed E-state index contributed by atoms with van der Waals surface area (Å²) in [4.78, 5) is 0. The van der Waals surface area contributed by atoms with Crippen LogP contribution in [-0.4, -0.2) is 30.0 Å². The van der Waals surface area contributed by atoms with Crippen molar-refractivity contribution in [1.82, 2.24) is 15.5 Å². The van der Waals surface area contributed by atoms with Gasteiger partial charge in [-0.15, -0.1) is 10.2 Å². The molecule has 0 bridgehead atoms. The van der Waals surface area contributed by atoms with Gasteiger partial charge in [0.15, 0.2) is 0 Å². The molecule has 1 aliphatic rings. The Bertz CT molecular complexity index is 478. The quantitative estimate of drug-likeness (QED) is 0.846. The second-order valence-electron chi connectivity index (χ2n) is 3.89. The van der Waals surface area contributed by atoms with Gasteiger partial charge in [0.2, 0.25) is 11.8 Å². The Hall–Kier alpha value is -1.72. The minimum absolute atomic E-state index is 0.00807. The van der Waals surface area contributed by atoms with Gasteiger partial charge in [0.1, 0.15) is 6.04 Å². The molecule has 88 valence electrons. The van der Waals surface area contributed by atoms with Crippen molar-refractivity contribution in [2.24, 2.45) is 0 Å². The van der Waals surface area contributed by atoms with E-state index >= 15 is 0 Å². The van der Waals surface area contributed by atoms with Gasteiger partial charge < -0.3 is 14.5 Å². The molecular formula is C12H13N3O2. The van der Waals surface area contributed by atoms with Crippen LogP contribution in [-0.2, 0) is 4.74 Å². The summed E-state index contributed by atoms with van der Waals surface area (Å²) in [6.45, 7) is 2.13. The molecule has 2 heterocycles. The van der Waals surface area contributed by atoms with Crippen molar-refractivity contribution in [2.75, 3.05) is 19.8 Å². The van der Waals surface area contributed by atoms with E-state index in [0.717, 1.165) is 18.7 Å². The predicted molar refractivity (Wildman–Crippen MR) is 61.3 cm³/mol. The lowest BCUT2D eigenvalue weighted by Gasteiger charge is -2.20. The molecule has 1 fully saturated rings. The van der Waals surface area contributed by atoms with Gasteiger partial charge in [-0.1, -0.05) is 18.2 Å². The number of morpholine rings is 1. The highest BCUT2D eigenvalue weighted by atomic mass is 16.5. The highest BCUT2D eigenvalue weighted by Crippen LogP contribution is 2.21. The van der Waals surface area contributed by atoms with Crippen LogP contribution in [0.15, 0.2) is 34.7 Å². The van der Waals surface area contributed by atoms with E-state index in [-0.39, 0.29) is 6.04 Å². The first kappa shape index (κ1) is 10.4. The monoisotopic (exact) mass is 231 g/mol. The van der Waals surface area contributed by atoms with E-state index in [4.69, 9.17) is 9.15 Å². The highest BCUT2D eigenvalue weighted by molar-refractivity contribution is 5.51. The van der Waals surface area contributed by atoms with Crippen molar-refractivity contribution in [3.8, 4) is 11.5 Å². The molecule has 0 radical (unpaired) electrons. The summed E-state index contributed by atoms with van der Waals surface area (Å²) in [5.74, 6) is 1.14. The van der Waals surface area contributed by atoms with Crippen LogP contribution in [0, 0.1) is 0 Å². The SMILES string of the molecule is c1ccc(-c2nnc([C@H]3COCCN3)o2)cc1. The molecule has 1 aromatic heterocycles. The van der Waals surface area contributed by atoms with Gasteiger partial charge in [-0.05, 0) is 12.1 Å². The zero-order chi connectivity index (χ0) is 11.5.